The van der Waals surface area contributed by atoms with Gasteiger partial charge in [0.05, 0.1) is 0 Å². The lowest BCUT2D eigenvalue weighted by atomic mass is 9.97. The predicted molar refractivity (Wildman–Crippen MR) is 72.2 cm³/mol. The fourth-order valence-corrected chi connectivity index (χ4v) is 2.13. The Kier molecular flexibility index (Phi) is 5.86. The summed E-state index contributed by atoms with van der Waals surface area (Å²) in [4.78, 5) is 0. The van der Waals surface area contributed by atoms with Crippen LogP contribution in [0.3, 0.4) is 0 Å². The Hall–Kier alpha value is -0.530. The molecule has 16 heavy (non-hydrogen) atoms. The van der Waals surface area contributed by atoms with Crippen LogP contribution in [0.2, 0.25) is 5.02 Å². The summed E-state index contributed by atoms with van der Waals surface area (Å²) in [6, 6.07) is 6.34. The van der Waals surface area contributed by atoms with Gasteiger partial charge in [-0.3, -0.25) is 0 Å². The Morgan fingerprint density at radius 3 is 2.75 bits per heavy atom. The van der Waals surface area contributed by atoms with E-state index in [0.717, 1.165) is 24.5 Å². The summed E-state index contributed by atoms with van der Waals surface area (Å²) >= 11 is 6.22. The molecular formula is C14H22ClN. The highest BCUT2D eigenvalue weighted by atomic mass is 35.5. The van der Waals surface area contributed by atoms with Crippen LogP contribution in [0.1, 0.15) is 31.4 Å². The van der Waals surface area contributed by atoms with Gasteiger partial charge in [-0.05, 0) is 56.0 Å². The molecule has 0 bridgehead atoms. The topological polar surface area (TPSA) is 12.0 Å². The molecule has 0 aliphatic rings. The van der Waals surface area contributed by atoms with Gasteiger partial charge in [-0.25, -0.2) is 0 Å². The molecule has 1 rings (SSSR count). The molecule has 0 aliphatic heterocycles. The van der Waals surface area contributed by atoms with Crippen LogP contribution >= 0.6 is 11.6 Å². The third-order valence-corrected chi connectivity index (χ3v) is 3.19. The van der Waals surface area contributed by atoms with Gasteiger partial charge in [0.25, 0.3) is 0 Å². The van der Waals surface area contributed by atoms with Crippen molar-refractivity contribution < 1.29 is 0 Å². The van der Waals surface area contributed by atoms with Crippen molar-refractivity contribution in [1.82, 2.24) is 5.32 Å². The highest BCUT2D eigenvalue weighted by Crippen LogP contribution is 2.21. The van der Waals surface area contributed by atoms with Crippen LogP contribution in [0.25, 0.3) is 0 Å². The first-order valence-corrected chi connectivity index (χ1v) is 6.47. The molecule has 0 aromatic heterocycles. The molecule has 0 saturated carbocycles. The van der Waals surface area contributed by atoms with Crippen molar-refractivity contribution >= 4 is 11.6 Å². The van der Waals surface area contributed by atoms with E-state index in [1.54, 1.807) is 0 Å². The number of hydrogen-bond acceptors (Lipinski definition) is 1. The summed E-state index contributed by atoms with van der Waals surface area (Å²) in [6.45, 7) is 8.65. The van der Waals surface area contributed by atoms with Crippen molar-refractivity contribution in [2.75, 3.05) is 13.1 Å². The lowest BCUT2D eigenvalue weighted by Gasteiger charge is -2.13. The van der Waals surface area contributed by atoms with Gasteiger partial charge in [-0.2, -0.15) is 0 Å². The first kappa shape index (κ1) is 13.5. The fraction of sp³-hybridized carbons (Fsp3) is 0.571. The smallest absolute Gasteiger partial charge is 0.0440 e. The van der Waals surface area contributed by atoms with Gasteiger partial charge in [-0.1, -0.05) is 37.6 Å². The van der Waals surface area contributed by atoms with Crippen LogP contribution in [0, 0.1) is 12.8 Å². The Bertz CT molecular complexity index is 323. The largest absolute Gasteiger partial charge is 0.317 e. The second-order valence-corrected chi connectivity index (χ2v) is 4.95. The van der Waals surface area contributed by atoms with Crippen molar-refractivity contribution in [2.45, 2.75) is 33.6 Å². The number of rotatable bonds is 6. The van der Waals surface area contributed by atoms with Gasteiger partial charge >= 0.3 is 0 Å². The van der Waals surface area contributed by atoms with Crippen molar-refractivity contribution in [3.05, 3.63) is 34.3 Å². The molecule has 0 fully saturated rings. The zero-order chi connectivity index (χ0) is 12.0. The molecule has 1 N–H and O–H groups in total. The van der Waals surface area contributed by atoms with Crippen LogP contribution in [0.15, 0.2) is 18.2 Å². The molecule has 0 aliphatic carbocycles. The van der Waals surface area contributed by atoms with Gasteiger partial charge in [0.1, 0.15) is 0 Å². The van der Waals surface area contributed by atoms with E-state index in [2.05, 4.69) is 38.2 Å². The lowest BCUT2D eigenvalue weighted by molar-refractivity contribution is 0.504. The Morgan fingerprint density at radius 1 is 1.38 bits per heavy atom. The minimum Gasteiger partial charge on any atom is -0.317 e. The van der Waals surface area contributed by atoms with E-state index in [1.807, 2.05) is 6.07 Å². The minimum absolute atomic E-state index is 0.680. The standard InChI is InChI=1S/C14H22ClN/c1-4-16-8-7-12(3)9-13-6-5-11(2)10-14(13)15/h5-6,10,12,16H,4,7-9H2,1-3H3. The van der Waals surface area contributed by atoms with Gasteiger partial charge in [0.15, 0.2) is 0 Å². The van der Waals surface area contributed by atoms with E-state index in [9.17, 15) is 0 Å². The third-order valence-electron chi connectivity index (χ3n) is 2.84. The van der Waals surface area contributed by atoms with E-state index < -0.39 is 0 Å². The molecular weight excluding hydrogens is 218 g/mol. The number of nitrogens with one attached hydrogen (secondary N) is 1. The van der Waals surface area contributed by atoms with Crippen molar-refractivity contribution in [3.63, 3.8) is 0 Å². The highest BCUT2D eigenvalue weighted by Gasteiger charge is 2.06. The first-order valence-electron chi connectivity index (χ1n) is 6.09. The molecule has 0 heterocycles. The monoisotopic (exact) mass is 239 g/mol. The number of halogens is 1. The van der Waals surface area contributed by atoms with E-state index >= 15 is 0 Å². The predicted octanol–water partition coefficient (Wildman–Crippen LogP) is 3.83. The van der Waals surface area contributed by atoms with E-state index in [0.29, 0.717) is 5.92 Å². The van der Waals surface area contributed by atoms with Crippen LogP contribution in [-0.2, 0) is 6.42 Å². The summed E-state index contributed by atoms with van der Waals surface area (Å²) in [5.74, 6) is 0.680. The molecule has 1 atom stereocenters. The molecule has 2 heteroatoms. The summed E-state index contributed by atoms with van der Waals surface area (Å²) in [7, 11) is 0. The second-order valence-electron chi connectivity index (χ2n) is 4.55. The minimum atomic E-state index is 0.680. The Labute approximate surface area is 104 Å². The van der Waals surface area contributed by atoms with Crippen LogP contribution in [0.4, 0.5) is 0 Å². The number of hydrogen-bond donors (Lipinski definition) is 1. The molecule has 1 aromatic carbocycles. The first-order chi connectivity index (χ1) is 7.63. The van der Waals surface area contributed by atoms with Gasteiger partial charge in [0.2, 0.25) is 0 Å². The van der Waals surface area contributed by atoms with Crippen molar-refractivity contribution in [1.29, 1.82) is 0 Å². The van der Waals surface area contributed by atoms with Gasteiger partial charge in [0, 0.05) is 5.02 Å². The average molecular weight is 240 g/mol. The zero-order valence-corrected chi connectivity index (χ0v) is 11.3. The molecule has 1 nitrogen and oxygen atoms in total. The van der Waals surface area contributed by atoms with E-state index in [4.69, 9.17) is 11.6 Å². The molecule has 90 valence electrons. The summed E-state index contributed by atoms with van der Waals surface area (Å²) < 4.78 is 0. The Balaban J connectivity index is 2.46. The molecule has 0 radical (unpaired) electrons. The number of benzene rings is 1. The summed E-state index contributed by atoms with van der Waals surface area (Å²) in [5, 5.41) is 4.27. The van der Waals surface area contributed by atoms with Gasteiger partial charge in [-0.15, -0.1) is 0 Å². The maximum Gasteiger partial charge on any atom is 0.0440 e. The van der Waals surface area contributed by atoms with Crippen molar-refractivity contribution in [2.24, 2.45) is 5.92 Å². The fourth-order valence-electron chi connectivity index (χ4n) is 1.82. The van der Waals surface area contributed by atoms with Crippen LogP contribution in [0.5, 0.6) is 0 Å². The second kappa shape index (κ2) is 6.93. The van der Waals surface area contributed by atoms with Gasteiger partial charge < -0.3 is 5.32 Å². The third kappa shape index (κ3) is 4.54. The molecule has 1 unspecified atom stereocenters. The molecule has 1 aromatic rings. The maximum absolute atomic E-state index is 6.22. The SMILES string of the molecule is CCNCCC(C)Cc1ccc(C)cc1Cl. The average Bonchev–Trinajstić information content (AvgIpc) is 2.23. The van der Waals surface area contributed by atoms with E-state index in [-0.39, 0.29) is 0 Å². The lowest BCUT2D eigenvalue weighted by Crippen LogP contribution is -2.17. The normalized spacial score (nSPS) is 12.8. The highest BCUT2D eigenvalue weighted by molar-refractivity contribution is 6.31. The van der Waals surface area contributed by atoms with Crippen LogP contribution in [-0.4, -0.2) is 13.1 Å². The summed E-state index contributed by atoms with van der Waals surface area (Å²) in [6.07, 6.45) is 2.28. The quantitative estimate of drug-likeness (QED) is 0.745. The Morgan fingerprint density at radius 2 is 2.12 bits per heavy atom. The maximum atomic E-state index is 6.22. The number of aryl methyl sites for hydroxylation is 1. The molecule has 0 spiro atoms. The molecule has 0 saturated heterocycles. The summed E-state index contributed by atoms with van der Waals surface area (Å²) in [5.41, 5.74) is 2.50. The van der Waals surface area contributed by atoms with E-state index in [1.165, 1.54) is 17.5 Å². The van der Waals surface area contributed by atoms with Crippen molar-refractivity contribution in [3.8, 4) is 0 Å². The molecule has 0 amide bonds. The zero-order valence-electron chi connectivity index (χ0n) is 10.5. The van der Waals surface area contributed by atoms with Crippen LogP contribution < -0.4 is 5.32 Å².